The van der Waals surface area contributed by atoms with Crippen molar-refractivity contribution in [2.24, 2.45) is 0 Å². The highest BCUT2D eigenvalue weighted by Gasteiger charge is 2.16. The summed E-state index contributed by atoms with van der Waals surface area (Å²) >= 11 is 7.66. The predicted octanol–water partition coefficient (Wildman–Crippen LogP) is 4.26. The molecule has 19 heavy (non-hydrogen) atoms. The predicted molar refractivity (Wildman–Crippen MR) is 82.0 cm³/mol. The van der Waals surface area contributed by atoms with Crippen LogP contribution in [0.5, 0.6) is 0 Å². The molecule has 2 nitrogen and oxygen atoms in total. The number of nitrogens with zero attached hydrogens (tertiary/aromatic N) is 1. The van der Waals surface area contributed by atoms with Gasteiger partial charge in [-0.1, -0.05) is 29.8 Å². The first-order valence-electron chi connectivity index (χ1n) is 6.05. The van der Waals surface area contributed by atoms with Crippen LogP contribution in [0.1, 0.15) is 16.5 Å². The van der Waals surface area contributed by atoms with Crippen LogP contribution in [0.2, 0.25) is 4.34 Å². The molecule has 0 spiro atoms. The SMILES string of the molecule is CNC(c1ccc(Cl)s1)c1cccc2cnccc12. The van der Waals surface area contributed by atoms with Crippen molar-refractivity contribution in [1.29, 1.82) is 0 Å². The molecule has 0 saturated heterocycles. The number of hydrogen-bond donors (Lipinski definition) is 1. The van der Waals surface area contributed by atoms with Crippen LogP contribution in [-0.4, -0.2) is 12.0 Å². The Labute approximate surface area is 121 Å². The van der Waals surface area contributed by atoms with E-state index in [2.05, 4.69) is 40.6 Å². The molecule has 0 aliphatic rings. The highest BCUT2D eigenvalue weighted by atomic mass is 35.5. The Morgan fingerprint density at radius 2 is 2.11 bits per heavy atom. The third kappa shape index (κ3) is 2.37. The van der Waals surface area contributed by atoms with Gasteiger partial charge in [0.15, 0.2) is 0 Å². The van der Waals surface area contributed by atoms with E-state index in [0.29, 0.717) is 0 Å². The fourth-order valence-corrected chi connectivity index (χ4v) is 3.52. The summed E-state index contributed by atoms with van der Waals surface area (Å²) in [5.41, 5.74) is 1.25. The zero-order valence-electron chi connectivity index (χ0n) is 10.4. The van der Waals surface area contributed by atoms with Gasteiger partial charge < -0.3 is 5.32 Å². The van der Waals surface area contributed by atoms with Gasteiger partial charge in [0.2, 0.25) is 0 Å². The zero-order valence-corrected chi connectivity index (χ0v) is 12.0. The molecular weight excluding hydrogens is 276 g/mol. The Balaban J connectivity index is 2.16. The Bertz CT molecular complexity index is 703. The molecule has 3 aromatic rings. The van der Waals surface area contributed by atoms with Crippen molar-refractivity contribution in [2.45, 2.75) is 6.04 Å². The van der Waals surface area contributed by atoms with Crippen molar-refractivity contribution >= 4 is 33.7 Å². The van der Waals surface area contributed by atoms with Crippen LogP contribution in [-0.2, 0) is 0 Å². The number of rotatable bonds is 3. The number of pyridine rings is 1. The summed E-state index contributed by atoms with van der Waals surface area (Å²) in [6.45, 7) is 0. The van der Waals surface area contributed by atoms with Crippen molar-refractivity contribution in [3.8, 4) is 0 Å². The van der Waals surface area contributed by atoms with Gasteiger partial charge in [-0.3, -0.25) is 4.98 Å². The standard InChI is InChI=1S/C15H13ClN2S/c1-17-15(13-5-6-14(16)19-13)12-4-2-3-10-9-18-8-7-11(10)12/h2-9,15,17H,1H3. The Morgan fingerprint density at radius 1 is 1.21 bits per heavy atom. The molecule has 96 valence electrons. The fraction of sp³-hybridized carbons (Fsp3) is 0.133. The molecule has 1 atom stereocenters. The van der Waals surface area contributed by atoms with Crippen molar-refractivity contribution in [1.82, 2.24) is 10.3 Å². The van der Waals surface area contributed by atoms with E-state index in [1.807, 2.05) is 25.5 Å². The molecule has 0 fully saturated rings. The number of thiophene rings is 1. The average molecular weight is 289 g/mol. The Hall–Kier alpha value is -1.42. The second kappa shape index (κ2) is 5.29. The maximum absolute atomic E-state index is 6.05. The lowest BCUT2D eigenvalue weighted by Crippen LogP contribution is -2.16. The molecule has 4 heteroatoms. The molecular formula is C15H13ClN2S. The maximum Gasteiger partial charge on any atom is 0.0931 e. The molecule has 2 aromatic heterocycles. The van der Waals surface area contributed by atoms with Crippen molar-refractivity contribution < 1.29 is 0 Å². The molecule has 0 radical (unpaired) electrons. The zero-order chi connectivity index (χ0) is 13.2. The van der Waals surface area contributed by atoms with Crippen LogP contribution in [0.15, 0.2) is 48.8 Å². The first kappa shape index (κ1) is 12.6. The van der Waals surface area contributed by atoms with Crippen LogP contribution in [0, 0.1) is 0 Å². The largest absolute Gasteiger partial charge is 0.309 e. The van der Waals surface area contributed by atoms with Gasteiger partial charge in [0.1, 0.15) is 0 Å². The minimum Gasteiger partial charge on any atom is -0.309 e. The third-order valence-electron chi connectivity index (χ3n) is 3.19. The highest BCUT2D eigenvalue weighted by molar-refractivity contribution is 7.16. The summed E-state index contributed by atoms with van der Waals surface area (Å²) in [4.78, 5) is 5.40. The lowest BCUT2D eigenvalue weighted by atomic mass is 9.99. The lowest BCUT2D eigenvalue weighted by Gasteiger charge is -2.17. The van der Waals surface area contributed by atoms with Crippen LogP contribution in [0.25, 0.3) is 10.8 Å². The van der Waals surface area contributed by atoms with Gasteiger partial charge in [-0.2, -0.15) is 0 Å². The molecule has 2 heterocycles. The second-order valence-corrected chi connectivity index (χ2v) is 6.05. The average Bonchev–Trinajstić information content (AvgIpc) is 2.86. The molecule has 1 aromatic carbocycles. The Kier molecular flexibility index (Phi) is 3.51. The van der Waals surface area contributed by atoms with Gasteiger partial charge in [0, 0.05) is 22.7 Å². The van der Waals surface area contributed by atoms with E-state index < -0.39 is 0 Å². The molecule has 0 aliphatic heterocycles. The smallest absolute Gasteiger partial charge is 0.0931 e. The van der Waals surface area contributed by atoms with Crippen LogP contribution >= 0.6 is 22.9 Å². The molecule has 1 N–H and O–H groups in total. The van der Waals surface area contributed by atoms with Crippen molar-refractivity contribution in [2.75, 3.05) is 7.05 Å². The molecule has 1 unspecified atom stereocenters. The molecule has 0 bridgehead atoms. The monoisotopic (exact) mass is 288 g/mol. The number of aromatic nitrogens is 1. The summed E-state index contributed by atoms with van der Waals surface area (Å²) in [6, 6.07) is 12.5. The van der Waals surface area contributed by atoms with E-state index in [0.717, 1.165) is 9.72 Å². The quantitative estimate of drug-likeness (QED) is 0.779. The van der Waals surface area contributed by atoms with Crippen molar-refractivity contribution in [3.63, 3.8) is 0 Å². The highest BCUT2D eigenvalue weighted by Crippen LogP contribution is 2.33. The van der Waals surface area contributed by atoms with Crippen LogP contribution < -0.4 is 5.32 Å². The minimum atomic E-state index is 0.156. The third-order valence-corrected chi connectivity index (χ3v) is 4.49. The molecule has 0 aliphatic carbocycles. The van der Waals surface area contributed by atoms with E-state index in [1.165, 1.54) is 15.8 Å². The lowest BCUT2D eigenvalue weighted by molar-refractivity contribution is 0.709. The van der Waals surface area contributed by atoms with Gasteiger partial charge in [-0.05, 0) is 36.2 Å². The summed E-state index contributed by atoms with van der Waals surface area (Å²) < 4.78 is 0.817. The van der Waals surface area contributed by atoms with Crippen LogP contribution in [0.3, 0.4) is 0 Å². The number of nitrogens with one attached hydrogen (secondary N) is 1. The Morgan fingerprint density at radius 3 is 2.84 bits per heavy atom. The molecule has 3 rings (SSSR count). The van der Waals surface area contributed by atoms with Gasteiger partial charge in [-0.15, -0.1) is 11.3 Å². The minimum absolute atomic E-state index is 0.156. The van der Waals surface area contributed by atoms with E-state index in [9.17, 15) is 0 Å². The van der Waals surface area contributed by atoms with Gasteiger partial charge in [0.05, 0.1) is 10.4 Å². The topological polar surface area (TPSA) is 24.9 Å². The number of hydrogen-bond acceptors (Lipinski definition) is 3. The van der Waals surface area contributed by atoms with E-state index in [1.54, 1.807) is 11.3 Å². The van der Waals surface area contributed by atoms with Crippen LogP contribution in [0.4, 0.5) is 0 Å². The summed E-state index contributed by atoms with van der Waals surface area (Å²) in [5, 5.41) is 5.75. The van der Waals surface area contributed by atoms with Crippen molar-refractivity contribution in [3.05, 3.63) is 63.6 Å². The normalized spacial score (nSPS) is 12.7. The van der Waals surface area contributed by atoms with E-state index in [-0.39, 0.29) is 6.04 Å². The summed E-state index contributed by atoms with van der Waals surface area (Å²) in [7, 11) is 1.97. The number of fused-ring (bicyclic) bond motifs is 1. The number of benzene rings is 1. The summed E-state index contributed by atoms with van der Waals surface area (Å²) in [6.07, 6.45) is 3.73. The van der Waals surface area contributed by atoms with E-state index >= 15 is 0 Å². The first-order chi connectivity index (χ1) is 9.29. The van der Waals surface area contributed by atoms with E-state index in [4.69, 9.17) is 11.6 Å². The van der Waals surface area contributed by atoms with Gasteiger partial charge >= 0.3 is 0 Å². The number of halogens is 1. The first-order valence-corrected chi connectivity index (χ1v) is 7.24. The van der Waals surface area contributed by atoms with Gasteiger partial charge in [-0.25, -0.2) is 0 Å². The molecule has 0 saturated carbocycles. The second-order valence-electron chi connectivity index (χ2n) is 4.31. The maximum atomic E-state index is 6.05. The molecule has 0 amide bonds. The van der Waals surface area contributed by atoms with Gasteiger partial charge in [0.25, 0.3) is 0 Å². The fourth-order valence-electron chi connectivity index (χ4n) is 2.33. The summed E-state index contributed by atoms with van der Waals surface area (Å²) in [5.74, 6) is 0.